The highest BCUT2D eigenvalue weighted by atomic mass is 35.5. The zero-order valence-electron chi connectivity index (χ0n) is 7.03. The predicted molar refractivity (Wildman–Crippen MR) is 51.5 cm³/mol. The zero-order chi connectivity index (χ0) is 9.97. The quantitative estimate of drug-likeness (QED) is 0.773. The molecule has 0 aromatic carbocycles. The van der Waals surface area contributed by atoms with Crippen molar-refractivity contribution >= 4 is 11.6 Å². The number of nitrogens with one attached hydrogen (secondary N) is 1. The van der Waals surface area contributed by atoms with Crippen LogP contribution in [0.2, 0.25) is 5.02 Å². The molecule has 2 heterocycles. The molecule has 4 nitrogen and oxygen atoms in total. The van der Waals surface area contributed by atoms with Crippen LogP contribution in [-0.2, 0) is 0 Å². The highest BCUT2D eigenvalue weighted by Crippen LogP contribution is 2.21. The van der Waals surface area contributed by atoms with Gasteiger partial charge in [-0.15, -0.1) is 0 Å². The lowest BCUT2D eigenvalue weighted by atomic mass is 10.2. The highest BCUT2D eigenvalue weighted by molar-refractivity contribution is 6.31. The van der Waals surface area contributed by atoms with Crippen LogP contribution in [0.15, 0.2) is 24.5 Å². The fraction of sp³-hybridized carbons (Fsp3) is 0. The van der Waals surface area contributed by atoms with Gasteiger partial charge in [-0.2, -0.15) is 10.4 Å². The van der Waals surface area contributed by atoms with Gasteiger partial charge in [-0.25, -0.2) is 4.98 Å². The van der Waals surface area contributed by atoms with Crippen molar-refractivity contribution in [3.05, 3.63) is 35.2 Å². The minimum Gasteiger partial charge on any atom is -0.278 e. The van der Waals surface area contributed by atoms with Crippen molar-refractivity contribution in [3.63, 3.8) is 0 Å². The molecular formula is C9H5ClN4. The number of hydrogen-bond donors (Lipinski definition) is 1. The van der Waals surface area contributed by atoms with Crippen LogP contribution in [0, 0.1) is 11.3 Å². The van der Waals surface area contributed by atoms with Crippen LogP contribution in [0.1, 0.15) is 5.69 Å². The summed E-state index contributed by atoms with van der Waals surface area (Å²) in [6.07, 6.45) is 3.22. The molecule has 0 fully saturated rings. The molecule has 0 unspecified atom stereocenters. The second-order valence-electron chi connectivity index (χ2n) is 2.64. The zero-order valence-corrected chi connectivity index (χ0v) is 7.78. The second-order valence-corrected chi connectivity index (χ2v) is 3.04. The molecule has 0 amide bonds. The largest absolute Gasteiger partial charge is 0.278 e. The molecule has 0 atom stereocenters. The summed E-state index contributed by atoms with van der Waals surface area (Å²) in [5.41, 5.74) is 1.87. The van der Waals surface area contributed by atoms with Gasteiger partial charge in [0.1, 0.15) is 6.07 Å². The first-order chi connectivity index (χ1) is 6.81. The van der Waals surface area contributed by atoms with E-state index in [1.54, 1.807) is 24.5 Å². The first-order valence-corrected chi connectivity index (χ1v) is 4.24. The van der Waals surface area contributed by atoms with Crippen LogP contribution in [0.25, 0.3) is 11.3 Å². The first kappa shape index (κ1) is 8.73. The van der Waals surface area contributed by atoms with Gasteiger partial charge in [0.2, 0.25) is 0 Å². The molecule has 2 rings (SSSR count). The Balaban J connectivity index is 2.49. The molecule has 0 saturated heterocycles. The van der Waals surface area contributed by atoms with Gasteiger partial charge in [-0.1, -0.05) is 11.6 Å². The van der Waals surface area contributed by atoms with E-state index in [1.165, 1.54) is 0 Å². The molecular weight excluding hydrogens is 200 g/mol. The van der Waals surface area contributed by atoms with Gasteiger partial charge < -0.3 is 0 Å². The Labute approximate surface area is 85.2 Å². The minimum absolute atomic E-state index is 0.231. The Bertz CT molecular complexity index is 484. The van der Waals surface area contributed by atoms with E-state index in [1.807, 2.05) is 6.07 Å². The number of aromatic nitrogens is 3. The van der Waals surface area contributed by atoms with Crippen molar-refractivity contribution in [3.8, 4) is 17.3 Å². The molecule has 2 aromatic heterocycles. The van der Waals surface area contributed by atoms with E-state index in [0.29, 0.717) is 5.02 Å². The number of pyridine rings is 1. The summed E-state index contributed by atoms with van der Waals surface area (Å²) < 4.78 is 0. The van der Waals surface area contributed by atoms with Crippen LogP contribution in [-0.4, -0.2) is 15.2 Å². The number of aromatic amines is 1. The van der Waals surface area contributed by atoms with Gasteiger partial charge in [0.05, 0.1) is 10.7 Å². The monoisotopic (exact) mass is 204 g/mol. The Morgan fingerprint density at radius 2 is 2.36 bits per heavy atom. The summed E-state index contributed by atoms with van der Waals surface area (Å²) in [5.74, 6) is 0. The Morgan fingerprint density at radius 3 is 2.93 bits per heavy atom. The molecule has 1 N–H and O–H groups in total. The Hall–Kier alpha value is -1.86. The topological polar surface area (TPSA) is 65.4 Å². The van der Waals surface area contributed by atoms with E-state index in [0.717, 1.165) is 11.3 Å². The Kier molecular flexibility index (Phi) is 2.17. The van der Waals surface area contributed by atoms with Crippen molar-refractivity contribution in [2.75, 3.05) is 0 Å². The molecule has 0 radical (unpaired) electrons. The summed E-state index contributed by atoms with van der Waals surface area (Å²) >= 11 is 5.83. The number of hydrogen-bond acceptors (Lipinski definition) is 3. The van der Waals surface area contributed by atoms with Gasteiger partial charge in [0.25, 0.3) is 0 Å². The number of halogens is 1. The van der Waals surface area contributed by atoms with E-state index >= 15 is 0 Å². The van der Waals surface area contributed by atoms with Gasteiger partial charge in [-0.3, -0.25) is 5.10 Å². The van der Waals surface area contributed by atoms with Crippen molar-refractivity contribution < 1.29 is 0 Å². The fourth-order valence-electron chi connectivity index (χ4n) is 1.08. The van der Waals surface area contributed by atoms with Crippen molar-refractivity contribution in [2.24, 2.45) is 0 Å². The third-order valence-corrected chi connectivity index (χ3v) is 2.05. The molecule has 68 valence electrons. The molecule has 0 aliphatic carbocycles. The van der Waals surface area contributed by atoms with Crippen LogP contribution in [0.4, 0.5) is 0 Å². The van der Waals surface area contributed by atoms with E-state index in [4.69, 9.17) is 16.9 Å². The van der Waals surface area contributed by atoms with Gasteiger partial charge >= 0.3 is 0 Å². The Morgan fingerprint density at radius 1 is 1.50 bits per heavy atom. The normalized spacial score (nSPS) is 9.71. The average Bonchev–Trinajstić information content (AvgIpc) is 2.70. The SMILES string of the molecule is N#Cc1ncc(-c2ccn[nH]2)cc1Cl. The molecule has 0 bridgehead atoms. The number of H-pyrrole nitrogens is 1. The molecule has 2 aromatic rings. The highest BCUT2D eigenvalue weighted by Gasteiger charge is 2.04. The third kappa shape index (κ3) is 1.45. The second kappa shape index (κ2) is 3.48. The lowest BCUT2D eigenvalue weighted by Gasteiger charge is -1.98. The van der Waals surface area contributed by atoms with Crippen molar-refractivity contribution in [1.82, 2.24) is 15.2 Å². The van der Waals surface area contributed by atoms with Crippen molar-refractivity contribution in [1.29, 1.82) is 5.26 Å². The number of rotatable bonds is 1. The van der Waals surface area contributed by atoms with Gasteiger partial charge in [-0.05, 0) is 12.1 Å². The lowest BCUT2D eigenvalue weighted by Crippen LogP contribution is -1.86. The van der Waals surface area contributed by atoms with Crippen LogP contribution < -0.4 is 0 Å². The molecule has 5 heteroatoms. The fourth-order valence-corrected chi connectivity index (χ4v) is 1.29. The van der Waals surface area contributed by atoms with Crippen LogP contribution in [0.3, 0.4) is 0 Å². The number of nitriles is 1. The summed E-state index contributed by atoms with van der Waals surface area (Å²) in [6, 6.07) is 5.38. The van der Waals surface area contributed by atoms with E-state index in [2.05, 4.69) is 15.2 Å². The van der Waals surface area contributed by atoms with E-state index in [-0.39, 0.29) is 5.69 Å². The maximum absolute atomic E-state index is 8.62. The summed E-state index contributed by atoms with van der Waals surface area (Å²) in [6.45, 7) is 0. The smallest absolute Gasteiger partial charge is 0.159 e. The van der Waals surface area contributed by atoms with Crippen molar-refractivity contribution in [2.45, 2.75) is 0 Å². The average molecular weight is 205 g/mol. The molecule has 0 aliphatic heterocycles. The molecule has 0 aliphatic rings. The van der Waals surface area contributed by atoms with Crippen LogP contribution >= 0.6 is 11.6 Å². The lowest BCUT2D eigenvalue weighted by molar-refractivity contribution is 1.09. The summed E-state index contributed by atoms with van der Waals surface area (Å²) in [7, 11) is 0. The van der Waals surface area contributed by atoms with Crippen LogP contribution in [0.5, 0.6) is 0 Å². The van der Waals surface area contributed by atoms with Gasteiger partial charge in [0.15, 0.2) is 5.69 Å². The standard InChI is InChI=1S/C9H5ClN4/c10-7-3-6(5-12-9(7)4-11)8-1-2-13-14-8/h1-3,5H,(H,13,14). The molecule has 0 saturated carbocycles. The van der Waals surface area contributed by atoms with E-state index in [9.17, 15) is 0 Å². The summed E-state index contributed by atoms with van der Waals surface area (Å²) in [5, 5.41) is 15.6. The number of nitrogens with zero attached hydrogens (tertiary/aromatic N) is 3. The maximum Gasteiger partial charge on any atom is 0.159 e. The maximum atomic E-state index is 8.62. The molecule has 14 heavy (non-hydrogen) atoms. The first-order valence-electron chi connectivity index (χ1n) is 3.86. The van der Waals surface area contributed by atoms with E-state index < -0.39 is 0 Å². The minimum atomic E-state index is 0.231. The predicted octanol–water partition coefficient (Wildman–Crippen LogP) is 2.00. The summed E-state index contributed by atoms with van der Waals surface area (Å²) in [4.78, 5) is 3.91. The molecule has 0 spiro atoms. The van der Waals surface area contributed by atoms with Gasteiger partial charge in [0, 0.05) is 18.0 Å². The third-order valence-electron chi connectivity index (χ3n) is 1.76.